The van der Waals surface area contributed by atoms with Gasteiger partial charge in [-0.2, -0.15) is 0 Å². The Morgan fingerprint density at radius 2 is 1.63 bits per heavy atom. The van der Waals surface area contributed by atoms with E-state index in [2.05, 4.69) is 0 Å². The fourth-order valence-electron chi connectivity index (χ4n) is 2.88. The van der Waals surface area contributed by atoms with E-state index >= 15 is 0 Å². The second kappa shape index (κ2) is 7.62. The molecule has 0 atom stereocenters. The minimum Gasteiger partial charge on any atom is -0.494 e. The topological polar surface area (TPSA) is 47.9 Å². The van der Waals surface area contributed by atoms with Gasteiger partial charge in [-0.05, 0) is 56.9 Å². The third-order valence-electron chi connectivity index (χ3n) is 5.26. The van der Waals surface area contributed by atoms with Gasteiger partial charge < -0.3 is 19.2 Å². The standard InChI is InChI=1S/C21H26BFO4/c1-20(2)21(3,4)27-22(26-20)16-8-11-18(19(23)14-16)15-6-9-17(10-7-15)25-13-5-12-24/h6-11,14,24H,5,12-13H2,1-4H3. The summed E-state index contributed by atoms with van der Waals surface area (Å²) in [5, 5.41) is 8.79. The first-order chi connectivity index (χ1) is 12.7. The van der Waals surface area contributed by atoms with Gasteiger partial charge in [0.15, 0.2) is 0 Å². The Balaban J connectivity index is 1.76. The van der Waals surface area contributed by atoms with Crippen LogP contribution in [-0.4, -0.2) is 36.6 Å². The van der Waals surface area contributed by atoms with Crippen molar-refractivity contribution in [2.45, 2.75) is 45.3 Å². The van der Waals surface area contributed by atoms with Gasteiger partial charge in [0, 0.05) is 18.6 Å². The first-order valence-corrected chi connectivity index (χ1v) is 9.23. The Bertz CT molecular complexity index is 773. The van der Waals surface area contributed by atoms with Crippen LogP contribution in [0.5, 0.6) is 5.75 Å². The number of benzene rings is 2. The van der Waals surface area contributed by atoms with E-state index < -0.39 is 18.3 Å². The number of aliphatic hydroxyl groups excluding tert-OH is 1. The van der Waals surface area contributed by atoms with Gasteiger partial charge in [-0.3, -0.25) is 0 Å². The summed E-state index contributed by atoms with van der Waals surface area (Å²) in [5.41, 5.74) is 1.02. The van der Waals surface area contributed by atoms with Crippen LogP contribution in [0.3, 0.4) is 0 Å². The molecule has 144 valence electrons. The molecule has 1 aliphatic rings. The number of hydrogen-bond acceptors (Lipinski definition) is 4. The molecule has 3 rings (SSSR count). The summed E-state index contributed by atoms with van der Waals surface area (Å²) in [5.74, 6) is 0.373. The van der Waals surface area contributed by atoms with E-state index in [-0.39, 0.29) is 12.4 Å². The number of rotatable bonds is 6. The quantitative estimate of drug-likeness (QED) is 0.622. The van der Waals surface area contributed by atoms with Gasteiger partial charge in [-0.15, -0.1) is 0 Å². The van der Waals surface area contributed by atoms with Crippen molar-refractivity contribution in [3.8, 4) is 16.9 Å². The molecule has 0 aromatic heterocycles. The monoisotopic (exact) mass is 372 g/mol. The molecule has 0 saturated carbocycles. The van der Waals surface area contributed by atoms with E-state index in [0.717, 1.165) is 5.56 Å². The van der Waals surface area contributed by atoms with E-state index in [1.807, 2.05) is 45.9 Å². The molecule has 1 aliphatic heterocycles. The maximum absolute atomic E-state index is 14.8. The first kappa shape index (κ1) is 19.9. The minimum atomic E-state index is -0.583. The van der Waals surface area contributed by atoms with Crippen molar-refractivity contribution in [1.29, 1.82) is 0 Å². The molecular formula is C21H26BFO4. The van der Waals surface area contributed by atoms with E-state index in [9.17, 15) is 4.39 Å². The zero-order valence-corrected chi connectivity index (χ0v) is 16.3. The van der Waals surface area contributed by atoms with E-state index in [4.69, 9.17) is 19.2 Å². The molecule has 2 aromatic rings. The van der Waals surface area contributed by atoms with Crippen molar-refractivity contribution >= 4 is 12.6 Å². The SMILES string of the molecule is CC1(C)OB(c2ccc(-c3ccc(OCCCO)cc3)c(F)c2)OC1(C)C. The maximum atomic E-state index is 14.8. The third-order valence-corrected chi connectivity index (χ3v) is 5.26. The largest absolute Gasteiger partial charge is 0.494 e. The van der Waals surface area contributed by atoms with Gasteiger partial charge in [-0.25, -0.2) is 4.39 Å². The number of halogens is 1. The van der Waals surface area contributed by atoms with Gasteiger partial charge in [0.25, 0.3) is 0 Å². The van der Waals surface area contributed by atoms with Crippen LogP contribution >= 0.6 is 0 Å². The predicted octanol–water partition coefficient (Wildman–Crippen LogP) is 3.55. The highest BCUT2D eigenvalue weighted by atomic mass is 19.1. The van der Waals surface area contributed by atoms with Crippen LogP contribution in [-0.2, 0) is 9.31 Å². The van der Waals surface area contributed by atoms with Gasteiger partial charge >= 0.3 is 7.12 Å². The van der Waals surface area contributed by atoms with Crippen molar-refractivity contribution in [3.05, 3.63) is 48.3 Å². The smallest absolute Gasteiger partial charge is 0.494 e. The number of aliphatic hydroxyl groups is 1. The Morgan fingerprint density at radius 3 is 2.19 bits per heavy atom. The molecule has 0 bridgehead atoms. The molecule has 0 aliphatic carbocycles. The van der Waals surface area contributed by atoms with Gasteiger partial charge in [0.2, 0.25) is 0 Å². The van der Waals surface area contributed by atoms with E-state index in [1.54, 1.807) is 18.2 Å². The lowest BCUT2D eigenvalue weighted by Gasteiger charge is -2.32. The molecule has 0 amide bonds. The Kier molecular flexibility index (Phi) is 5.61. The van der Waals surface area contributed by atoms with Crippen LogP contribution in [0.15, 0.2) is 42.5 Å². The molecule has 27 heavy (non-hydrogen) atoms. The second-order valence-corrected chi connectivity index (χ2v) is 7.78. The summed E-state index contributed by atoms with van der Waals surface area (Å²) in [6, 6.07) is 12.3. The third kappa shape index (κ3) is 4.18. The molecule has 2 aromatic carbocycles. The lowest BCUT2D eigenvalue weighted by Crippen LogP contribution is -2.41. The molecule has 1 saturated heterocycles. The molecule has 4 nitrogen and oxygen atoms in total. The molecule has 6 heteroatoms. The van der Waals surface area contributed by atoms with Crippen LogP contribution in [0.1, 0.15) is 34.1 Å². The summed E-state index contributed by atoms with van der Waals surface area (Å²) in [4.78, 5) is 0. The van der Waals surface area contributed by atoms with Crippen LogP contribution < -0.4 is 10.2 Å². The zero-order valence-electron chi connectivity index (χ0n) is 16.3. The first-order valence-electron chi connectivity index (χ1n) is 9.23. The van der Waals surface area contributed by atoms with E-state index in [0.29, 0.717) is 29.8 Å². The fraction of sp³-hybridized carbons (Fsp3) is 0.429. The molecule has 0 spiro atoms. The Morgan fingerprint density at radius 1 is 1.00 bits per heavy atom. The number of hydrogen-bond donors (Lipinski definition) is 1. The van der Waals surface area contributed by atoms with Crippen LogP contribution in [0, 0.1) is 5.82 Å². The average Bonchev–Trinajstić information content (AvgIpc) is 2.83. The Hall–Kier alpha value is -1.89. The fourth-order valence-corrected chi connectivity index (χ4v) is 2.88. The lowest BCUT2D eigenvalue weighted by molar-refractivity contribution is 0.00578. The zero-order chi connectivity index (χ0) is 19.7. The summed E-state index contributed by atoms with van der Waals surface area (Å²) in [7, 11) is -0.583. The van der Waals surface area contributed by atoms with Crippen LogP contribution in [0.4, 0.5) is 4.39 Å². The summed E-state index contributed by atoms with van der Waals surface area (Å²) in [6.45, 7) is 8.44. The highest BCUT2D eigenvalue weighted by Crippen LogP contribution is 2.36. The maximum Gasteiger partial charge on any atom is 0.494 e. The number of ether oxygens (including phenoxy) is 1. The molecule has 0 unspecified atom stereocenters. The summed E-state index contributed by atoms with van der Waals surface area (Å²) in [6.07, 6.45) is 0.580. The summed E-state index contributed by atoms with van der Waals surface area (Å²) >= 11 is 0. The molecule has 1 heterocycles. The second-order valence-electron chi connectivity index (χ2n) is 7.78. The highest BCUT2D eigenvalue weighted by Gasteiger charge is 2.51. The van der Waals surface area contributed by atoms with Crippen LogP contribution in [0.2, 0.25) is 0 Å². The van der Waals surface area contributed by atoms with Crippen LogP contribution in [0.25, 0.3) is 11.1 Å². The van der Waals surface area contributed by atoms with Crippen molar-refractivity contribution in [2.24, 2.45) is 0 Å². The molecule has 1 fully saturated rings. The molecular weight excluding hydrogens is 346 g/mol. The minimum absolute atomic E-state index is 0.0957. The van der Waals surface area contributed by atoms with Gasteiger partial charge in [0.1, 0.15) is 11.6 Å². The van der Waals surface area contributed by atoms with Crippen molar-refractivity contribution in [2.75, 3.05) is 13.2 Å². The van der Waals surface area contributed by atoms with Crippen molar-refractivity contribution in [1.82, 2.24) is 0 Å². The molecule has 0 radical (unpaired) electrons. The Labute approximate surface area is 160 Å². The lowest BCUT2D eigenvalue weighted by atomic mass is 9.78. The predicted molar refractivity (Wildman–Crippen MR) is 105 cm³/mol. The highest BCUT2D eigenvalue weighted by molar-refractivity contribution is 6.62. The average molecular weight is 372 g/mol. The van der Waals surface area contributed by atoms with Gasteiger partial charge in [0.05, 0.1) is 17.8 Å². The normalized spacial score (nSPS) is 17.9. The van der Waals surface area contributed by atoms with Crippen molar-refractivity contribution < 1.29 is 23.5 Å². The molecule has 1 N–H and O–H groups in total. The van der Waals surface area contributed by atoms with E-state index in [1.165, 1.54) is 6.07 Å². The van der Waals surface area contributed by atoms with Gasteiger partial charge in [-0.1, -0.05) is 24.3 Å². The van der Waals surface area contributed by atoms with Crippen molar-refractivity contribution in [3.63, 3.8) is 0 Å². The summed E-state index contributed by atoms with van der Waals surface area (Å²) < 4.78 is 32.2.